The van der Waals surface area contributed by atoms with Crippen LogP contribution in [0.25, 0.3) is 22.3 Å². The van der Waals surface area contributed by atoms with Gasteiger partial charge < -0.3 is 5.32 Å². The molecule has 0 unspecified atom stereocenters. The summed E-state index contributed by atoms with van der Waals surface area (Å²) >= 11 is 0. The molecule has 1 N–H and O–H groups in total. The molecule has 0 saturated carbocycles. The Balaban J connectivity index is 1.72. The van der Waals surface area contributed by atoms with Crippen LogP contribution in [-0.4, -0.2) is 30.9 Å². The second-order valence-electron chi connectivity index (χ2n) is 6.49. The van der Waals surface area contributed by atoms with Gasteiger partial charge in [-0.25, -0.2) is 9.37 Å². The zero-order valence-corrected chi connectivity index (χ0v) is 15.6. The Kier molecular flexibility index (Phi) is 4.31. The molecule has 28 heavy (non-hydrogen) atoms. The van der Waals surface area contributed by atoms with E-state index >= 15 is 0 Å². The smallest absolute Gasteiger partial charge is 0.255 e. The van der Waals surface area contributed by atoms with E-state index in [1.165, 1.54) is 16.9 Å². The molecule has 4 rings (SSSR count). The van der Waals surface area contributed by atoms with Crippen molar-refractivity contribution in [3.63, 3.8) is 0 Å². The summed E-state index contributed by atoms with van der Waals surface area (Å²) in [5, 5.41) is 11.3. The Hall–Kier alpha value is -3.68. The molecule has 0 aliphatic heterocycles. The molecule has 2 heterocycles. The van der Waals surface area contributed by atoms with Crippen LogP contribution in [0.1, 0.15) is 21.7 Å². The number of halogens is 1. The molecule has 1 amide bonds. The maximum atomic E-state index is 14.2. The second kappa shape index (κ2) is 6.80. The van der Waals surface area contributed by atoms with Crippen molar-refractivity contribution in [1.82, 2.24) is 25.0 Å². The van der Waals surface area contributed by atoms with E-state index in [-0.39, 0.29) is 5.56 Å². The Morgan fingerprint density at radius 3 is 2.79 bits per heavy atom. The number of nitrogens with zero attached hydrogens (tertiary/aromatic N) is 5. The second-order valence-corrected chi connectivity index (χ2v) is 6.49. The zero-order valence-electron chi connectivity index (χ0n) is 15.6. The van der Waals surface area contributed by atoms with Crippen molar-refractivity contribution in [3.05, 3.63) is 65.4 Å². The summed E-state index contributed by atoms with van der Waals surface area (Å²) in [5.74, 6) is -0.972. The number of carbonyl (C=O) groups excluding carboxylic acids is 1. The van der Waals surface area contributed by atoms with Crippen LogP contribution in [0.4, 0.5) is 10.1 Å². The third-order valence-corrected chi connectivity index (χ3v) is 4.27. The molecule has 0 radical (unpaired) electrons. The van der Waals surface area contributed by atoms with Crippen LogP contribution in [0.2, 0.25) is 0 Å². The van der Waals surface area contributed by atoms with E-state index < -0.39 is 11.7 Å². The first kappa shape index (κ1) is 17.7. The van der Waals surface area contributed by atoms with Crippen molar-refractivity contribution in [1.29, 1.82) is 0 Å². The van der Waals surface area contributed by atoms with Crippen LogP contribution in [0.15, 0.2) is 42.6 Å². The summed E-state index contributed by atoms with van der Waals surface area (Å²) < 4.78 is 14.2. The van der Waals surface area contributed by atoms with Crippen molar-refractivity contribution in [2.75, 3.05) is 5.32 Å². The van der Waals surface area contributed by atoms with Gasteiger partial charge in [0.15, 0.2) is 0 Å². The van der Waals surface area contributed by atoms with E-state index in [0.29, 0.717) is 39.4 Å². The van der Waals surface area contributed by atoms with E-state index in [2.05, 4.69) is 25.5 Å². The molecule has 0 atom stereocenters. The summed E-state index contributed by atoms with van der Waals surface area (Å²) in [6, 6.07) is 9.44. The van der Waals surface area contributed by atoms with Crippen molar-refractivity contribution < 1.29 is 9.18 Å². The molecule has 0 aliphatic rings. The predicted molar refractivity (Wildman–Crippen MR) is 103 cm³/mol. The summed E-state index contributed by atoms with van der Waals surface area (Å²) in [5.41, 5.74) is 4.33. The van der Waals surface area contributed by atoms with Crippen molar-refractivity contribution in [3.8, 4) is 11.3 Å². The molecule has 0 spiro atoms. The van der Waals surface area contributed by atoms with Crippen LogP contribution < -0.4 is 5.32 Å². The van der Waals surface area contributed by atoms with Gasteiger partial charge in [0, 0.05) is 24.4 Å². The number of rotatable bonds is 3. The highest BCUT2D eigenvalue weighted by Crippen LogP contribution is 2.24. The van der Waals surface area contributed by atoms with Gasteiger partial charge in [0.1, 0.15) is 16.9 Å². The van der Waals surface area contributed by atoms with E-state index in [0.717, 1.165) is 0 Å². The minimum Gasteiger partial charge on any atom is -0.320 e. The lowest BCUT2D eigenvalue weighted by atomic mass is 10.1. The first-order chi connectivity index (χ1) is 13.4. The summed E-state index contributed by atoms with van der Waals surface area (Å²) in [4.78, 5) is 22.9. The Morgan fingerprint density at radius 2 is 1.96 bits per heavy atom. The van der Waals surface area contributed by atoms with Crippen molar-refractivity contribution in [2.24, 2.45) is 7.05 Å². The van der Waals surface area contributed by atoms with Gasteiger partial charge in [0.05, 0.1) is 22.8 Å². The fourth-order valence-electron chi connectivity index (χ4n) is 3.00. The third-order valence-electron chi connectivity index (χ3n) is 4.27. The molecule has 8 heteroatoms. The summed E-state index contributed by atoms with van der Waals surface area (Å²) in [7, 11) is 1.70. The van der Waals surface area contributed by atoms with Crippen LogP contribution in [0.3, 0.4) is 0 Å². The number of amides is 1. The number of aryl methyl sites for hydroxylation is 3. The lowest BCUT2D eigenvalue weighted by Crippen LogP contribution is -2.13. The van der Waals surface area contributed by atoms with E-state index in [4.69, 9.17) is 0 Å². The number of fused-ring (bicyclic) bond motifs is 1. The number of anilines is 1. The van der Waals surface area contributed by atoms with E-state index in [1.807, 2.05) is 6.92 Å². The van der Waals surface area contributed by atoms with Gasteiger partial charge >= 0.3 is 0 Å². The monoisotopic (exact) mass is 376 g/mol. The highest BCUT2D eigenvalue weighted by molar-refractivity contribution is 6.08. The number of carbonyl (C=O) groups is 1. The Bertz CT molecular complexity index is 1220. The minimum absolute atomic E-state index is 0.179. The van der Waals surface area contributed by atoms with Crippen LogP contribution >= 0.6 is 0 Å². The maximum Gasteiger partial charge on any atom is 0.255 e. The average Bonchev–Trinajstić information content (AvgIpc) is 3.04. The van der Waals surface area contributed by atoms with Gasteiger partial charge in [0.2, 0.25) is 0 Å². The molecular formula is C20H17FN6O. The van der Waals surface area contributed by atoms with Crippen LogP contribution in [0, 0.1) is 19.7 Å². The van der Waals surface area contributed by atoms with Gasteiger partial charge in [-0.15, -0.1) is 0 Å². The largest absolute Gasteiger partial charge is 0.320 e. The van der Waals surface area contributed by atoms with E-state index in [1.54, 1.807) is 44.4 Å². The summed E-state index contributed by atoms with van der Waals surface area (Å²) in [6.07, 6.45) is 1.65. The molecule has 0 bridgehead atoms. The number of hydrogen-bond acceptors (Lipinski definition) is 5. The molecular weight excluding hydrogens is 359 g/mol. The topological polar surface area (TPSA) is 85.6 Å². The number of benzene rings is 2. The molecule has 2 aromatic carbocycles. The quantitative estimate of drug-likeness (QED) is 0.592. The molecule has 2 aromatic heterocycles. The van der Waals surface area contributed by atoms with Gasteiger partial charge in [0.25, 0.3) is 5.91 Å². The SMILES string of the molecule is Cc1cnc(C)c(-c2cc(F)cc(C(=O)Nc3cccc4nn(C)nc34)c2)n1. The van der Waals surface area contributed by atoms with Gasteiger partial charge in [-0.3, -0.25) is 9.78 Å². The van der Waals surface area contributed by atoms with Gasteiger partial charge in [-0.2, -0.15) is 15.0 Å². The van der Waals surface area contributed by atoms with Gasteiger partial charge in [-0.1, -0.05) is 6.07 Å². The highest BCUT2D eigenvalue weighted by atomic mass is 19.1. The average molecular weight is 376 g/mol. The van der Waals surface area contributed by atoms with Crippen LogP contribution in [-0.2, 0) is 7.05 Å². The number of aromatic nitrogens is 5. The van der Waals surface area contributed by atoms with Crippen LogP contribution in [0.5, 0.6) is 0 Å². The third kappa shape index (κ3) is 3.32. The lowest BCUT2D eigenvalue weighted by Gasteiger charge is -2.09. The number of nitrogens with one attached hydrogen (secondary N) is 1. The minimum atomic E-state index is -0.525. The molecule has 0 saturated heterocycles. The molecule has 4 aromatic rings. The number of hydrogen-bond donors (Lipinski definition) is 1. The normalized spacial score (nSPS) is 11.0. The lowest BCUT2D eigenvalue weighted by molar-refractivity contribution is 0.102. The van der Waals surface area contributed by atoms with Crippen molar-refractivity contribution in [2.45, 2.75) is 13.8 Å². The highest BCUT2D eigenvalue weighted by Gasteiger charge is 2.15. The van der Waals surface area contributed by atoms with Gasteiger partial charge in [-0.05, 0) is 44.2 Å². The Morgan fingerprint density at radius 1 is 1.14 bits per heavy atom. The fraction of sp³-hybridized carbons (Fsp3) is 0.150. The standard InChI is InChI=1S/C20H17FN6O/c1-11-10-22-12(2)18(23-11)13-7-14(9-15(21)8-13)20(28)24-16-5-4-6-17-19(16)26-27(3)25-17/h4-10H,1-3H3,(H,24,28). The van der Waals surface area contributed by atoms with Crippen molar-refractivity contribution >= 4 is 22.6 Å². The van der Waals surface area contributed by atoms with E-state index in [9.17, 15) is 9.18 Å². The fourth-order valence-corrected chi connectivity index (χ4v) is 3.00. The molecule has 0 fully saturated rings. The first-order valence-corrected chi connectivity index (χ1v) is 8.63. The first-order valence-electron chi connectivity index (χ1n) is 8.63. The predicted octanol–water partition coefficient (Wildman–Crippen LogP) is 3.43. The maximum absolute atomic E-state index is 14.2. The molecule has 0 aliphatic carbocycles. The Labute approximate surface area is 160 Å². The zero-order chi connectivity index (χ0) is 19.8. The molecule has 140 valence electrons. The molecule has 7 nitrogen and oxygen atoms in total. The summed E-state index contributed by atoms with van der Waals surface area (Å²) in [6.45, 7) is 3.60.